The third kappa shape index (κ3) is 5.20. The standard InChI is InChI=1S/C17H21N3O6/c1-11(16(23)19-12-5-3-6-13(9-12)25-2)26-15(22)7-4-8-20-14(21)10-18-17(20)24/h3,5-6,9,11H,4,7-8,10H2,1-2H3,(H,18,24)(H,19,23)/t11-/m1/s1. The van der Waals surface area contributed by atoms with Gasteiger partial charge in [0.1, 0.15) is 5.75 Å². The first-order chi connectivity index (χ1) is 12.4. The van der Waals surface area contributed by atoms with Crippen LogP contribution in [0.15, 0.2) is 24.3 Å². The molecule has 1 atom stereocenters. The number of nitrogens with zero attached hydrogens (tertiary/aromatic N) is 1. The predicted octanol–water partition coefficient (Wildman–Crippen LogP) is 0.897. The van der Waals surface area contributed by atoms with Gasteiger partial charge in [0.25, 0.3) is 5.91 Å². The molecule has 1 aromatic carbocycles. The molecule has 0 aromatic heterocycles. The van der Waals surface area contributed by atoms with Gasteiger partial charge in [-0.15, -0.1) is 0 Å². The van der Waals surface area contributed by atoms with Gasteiger partial charge in [-0.05, 0) is 25.5 Å². The van der Waals surface area contributed by atoms with Crippen LogP contribution in [0.5, 0.6) is 5.75 Å². The molecule has 2 N–H and O–H groups in total. The maximum Gasteiger partial charge on any atom is 0.324 e. The summed E-state index contributed by atoms with van der Waals surface area (Å²) < 4.78 is 10.1. The summed E-state index contributed by atoms with van der Waals surface area (Å²) in [6, 6.07) is 6.33. The molecule has 26 heavy (non-hydrogen) atoms. The lowest BCUT2D eigenvalue weighted by atomic mass is 10.2. The molecule has 2 rings (SSSR count). The van der Waals surface area contributed by atoms with E-state index < -0.39 is 24.0 Å². The molecule has 0 unspecified atom stereocenters. The Morgan fingerprint density at radius 3 is 2.77 bits per heavy atom. The number of carbonyl (C=O) groups is 4. The van der Waals surface area contributed by atoms with Gasteiger partial charge in [0.05, 0.1) is 13.7 Å². The molecule has 9 heteroatoms. The van der Waals surface area contributed by atoms with Crippen molar-refractivity contribution in [2.45, 2.75) is 25.9 Å². The van der Waals surface area contributed by atoms with E-state index in [9.17, 15) is 19.2 Å². The first-order valence-corrected chi connectivity index (χ1v) is 8.13. The minimum atomic E-state index is -0.981. The van der Waals surface area contributed by atoms with E-state index in [1.54, 1.807) is 24.3 Å². The van der Waals surface area contributed by atoms with Gasteiger partial charge in [0, 0.05) is 24.7 Å². The Labute approximate surface area is 150 Å². The molecular weight excluding hydrogens is 342 g/mol. The Kier molecular flexibility index (Phi) is 6.54. The number of amides is 4. The second-order valence-electron chi connectivity index (χ2n) is 5.66. The number of ether oxygens (including phenoxy) is 2. The van der Waals surface area contributed by atoms with E-state index in [0.717, 1.165) is 4.90 Å². The summed E-state index contributed by atoms with van der Waals surface area (Å²) in [5.74, 6) is -0.784. The zero-order valence-electron chi connectivity index (χ0n) is 14.6. The molecule has 1 saturated heterocycles. The second-order valence-corrected chi connectivity index (χ2v) is 5.66. The number of methoxy groups -OCH3 is 1. The zero-order valence-corrected chi connectivity index (χ0v) is 14.6. The van der Waals surface area contributed by atoms with Gasteiger partial charge in [-0.3, -0.25) is 19.3 Å². The van der Waals surface area contributed by atoms with Crippen molar-refractivity contribution in [3.05, 3.63) is 24.3 Å². The van der Waals surface area contributed by atoms with E-state index in [4.69, 9.17) is 9.47 Å². The number of esters is 1. The maximum atomic E-state index is 12.1. The number of hydrogen-bond donors (Lipinski definition) is 2. The highest BCUT2D eigenvalue weighted by Gasteiger charge is 2.28. The smallest absolute Gasteiger partial charge is 0.324 e. The van der Waals surface area contributed by atoms with Crippen LogP contribution in [0.2, 0.25) is 0 Å². The summed E-state index contributed by atoms with van der Waals surface area (Å²) in [4.78, 5) is 47.7. The van der Waals surface area contributed by atoms with Crippen LogP contribution < -0.4 is 15.4 Å². The minimum Gasteiger partial charge on any atom is -0.497 e. The molecule has 1 fully saturated rings. The number of carbonyl (C=O) groups excluding carboxylic acids is 4. The fraction of sp³-hybridized carbons (Fsp3) is 0.412. The van der Waals surface area contributed by atoms with Crippen molar-refractivity contribution in [3.8, 4) is 5.75 Å². The first kappa shape index (κ1) is 19.2. The summed E-state index contributed by atoms with van der Waals surface area (Å²) in [6.45, 7) is 1.57. The van der Waals surface area contributed by atoms with Crippen molar-refractivity contribution in [3.63, 3.8) is 0 Å². The largest absolute Gasteiger partial charge is 0.497 e. The van der Waals surface area contributed by atoms with Crippen molar-refractivity contribution < 1.29 is 28.7 Å². The lowest BCUT2D eigenvalue weighted by Crippen LogP contribution is -2.33. The quantitative estimate of drug-likeness (QED) is 0.524. The molecule has 1 aromatic rings. The molecule has 1 heterocycles. The third-order valence-corrected chi connectivity index (χ3v) is 3.71. The third-order valence-electron chi connectivity index (χ3n) is 3.71. The summed E-state index contributed by atoms with van der Waals surface area (Å²) >= 11 is 0. The van der Waals surface area contributed by atoms with Gasteiger partial charge in [-0.1, -0.05) is 6.07 Å². The Hall–Kier alpha value is -3.10. The summed E-state index contributed by atoms with van der Waals surface area (Å²) in [6.07, 6.45) is -0.721. The number of benzene rings is 1. The molecule has 4 amide bonds. The summed E-state index contributed by atoms with van der Waals surface area (Å²) in [5, 5.41) is 5.03. The molecule has 0 radical (unpaired) electrons. The van der Waals surface area contributed by atoms with Crippen LogP contribution in [-0.2, 0) is 19.1 Å². The molecular formula is C17H21N3O6. The molecule has 0 aliphatic carbocycles. The number of rotatable bonds is 8. The summed E-state index contributed by atoms with van der Waals surface area (Å²) in [7, 11) is 1.52. The Morgan fingerprint density at radius 1 is 1.35 bits per heavy atom. The van der Waals surface area contributed by atoms with Gasteiger partial charge in [-0.2, -0.15) is 0 Å². The van der Waals surface area contributed by atoms with Gasteiger partial charge in [-0.25, -0.2) is 4.79 Å². The highest BCUT2D eigenvalue weighted by Crippen LogP contribution is 2.17. The molecule has 0 saturated carbocycles. The lowest BCUT2D eigenvalue weighted by molar-refractivity contribution is -0.153. The highest BCUT2D eigenvalue weighted by atomic mass is 16.5. The van der Waals surface area contributed by atoms with Crippen LogP contribution in [0.25, 0.3) is 0 Å². The minimum absolute atomic E-state index is 0.00611. The molecule has 140 valence electrons. The molecule has 1 aliphatic rings. The van der Waals surface area contributed by atoms with E-state index >= 15 is 0 Å². The normalized spacial score (nSPS) is 14.6. The van der Waals surface area contributed by atoms with Crippen molar-refractivity contribution >= 4 is 29.5 Å². The molecule has 0 bridgehead atoms. The van der Waals surface area contributed by atoms with Crippen LogP contribution in [0, 0.1) is 0 Å². The molecule has 9 nitrogen and oxygen atoms in total. The number of anilines is 1. The van der Waals surface area contributed by atoms with Crippen LogP contribution in [0.4, 0.5) is 10.5 Å². The van der Waals surface area contributed by atoms with Crippen LogP contribution >= 0.6 is 0 Å². The average Bonchev–Trinajstić information content (AvgIpc) is 2.93. The van der Waals surface area contributed by atoms with Gasteiger partial charge in [0.15, 0.2) is 6.10 Å². The zero-order chi connectivity index (χ0) is 19.1. The number of imide groups is 1. The monoisotopic (exact) mass is 363 g/mol. The Balaban J connectivity index is 1.74. The van der Waals surface area contributed by atoms with E-state index in [1.807, 2.05) is 0 Å². The van der Waals surface area contributed by atoms with Gasteiger partial charge in [0.2, 0.25) is 5.91 Å². The van der Waals surface area contributed by atoms with Gasteiger partial charge >= 0.3 is 12.0 Å². The predicted molar refractivity (Wildman–Crippen MR) is 91.5 cm³/mol. The SMILES string of the molecule is COc1cccc(NC(=O)[C@@H](C)OC(=O)CCCN2C(=O)CNC2=O)c1. The fourth-order valence-electron chi connectivity index (χ4n) is 2.32. The number of urea groups is 1. The Morgan fingerprint density at radius 2 is 2.12 bits per heavy atom. The number of hydrogen-bond acceptors (Lipinski definition) is 6. The number of nitrogens with one attached hydrogen (secondary N) is 2. The average molecular weight is 363 g/mol. The Bertz CT molecular complexity index is 689. The maximum absolute atomic E-state index is 12.1. The second kappa shape index (κ2) is 8.84. The first-order valence-electron chi connectivity index (χ1n) is 8.13. The van der Waals surface area contributed by atoms with E-state index in [-0.39, 0.29) is 31.8 Å². The van der Waals surface area contributed by atoms with E-state index in [0.29, 0.717) is 11.4 Å². The van der Waals surface area contributed by atoms with E-state index in [2.05, 4.69) is 10.6 Å². The van der Waals surface area contributed by atoms with Crippen LogP contribution in [-0.4, -0.2) is 55.0 Å². The molecule has 0 spiro atoms. The fourth-order valence-corrected chi connectivity index (χ4v) is 2.32. The van der Waals surface area contributed by atoms with Gasteiger partial charge < -0.3 is 20.1 Å². The lowest BCUT2D eigenvalue weighted by Gasteiger charge is -2.15. The van der Waals surface area contributed by atoms with Crippen molar-refractivity contribution in [1.82, 2.24) is 10.2 Å². The van der Waals surface area contributed by atoms with E-state index in [1.165, 1.54) is 14.0 Å². The van der Waals surface area contributed by atoms with Crippen molar-refractivity contribution in [2.75, 3.05) is 25.5 Å². The summed E-state index contributed by atoms with van der Waals surface area (Å²) in [5.41, 5.74) is 0.524. The van der Waals surface area contributed by atoms with Crippen molar-refractivity contribution in [2.24, 2.45) is 0 Å². The van der Waals surface area contributed by atoms with Crippen LogP contribution in [0.3, 0.4) is 0 Å². The molecule has 1 aliphatic heterocycles. The highest BCUT2D eigenvalue weighted by molar-refractivity contribution is 6.02. The van der Waals surface area contributed by atoms with Crippen molar-refractivity contribution in [1.29, 1.82) is 0 Å². The topological polar surface area (TPSA) is 114 Å². The van der Waals surface area contributed by atoms with Crippen LogP contribution in [0.1, 0.15) is 19.8 Å².